The Labute approximate surface area is 114 Å². The molecule has 1 saturated carbocycles. The highest BCUT2D eigenvalue weighted by molar-refractivity contribution is 5.35. The van der Waals surface area contributed by atoms with Gasteiger partial charge >= 0.3 is 0 Å². The van der Waals surface area contributed by atoms with E-state index in [4.69, 9.17) is 4.74 Å². The van der Waals surface area contributed by atoms with E-state index in [9.17, 15) is 4.39 Å². The van der Waals surface area contributed by atoms with Gasteiger partial charge in [0.1, 0.15) is 0 Å². The highest BCUT2D eigenvalue weighted by atomic mass is 19.1. The summed E-state index contributed by atoms with van der Waals surface area (Å²) in [6.07, 6.45) is 7.04. The molecule has 1 aliphatic heterocycles. The SMILES string of the molecule is Fc1cccc(CC2CCCCN2)c1OCC1CC1. The van der Waals surface area contributed by atoms with E-state index in [1.54, 1.807) is 6.07 Å². The van der Waals surface area contributed by atoms with Crippen molar-refractivity contribution in [2.24, 2.45) is 5.92 Å². The fraction of sp³-hybridized carbons (Fsp3) is 0.625. The molecule has 104 valence electrons. The molecular weight excluding hydrogens is 241 g/mol. The minimum atomic E-state index is -0.214. The number of para-hydroxylation sites is 1. The molecular formula is C16H22FNO. The lowest BCUT2D eigenvalue weighted by molar-refractivity contribution is 0.280. The zero-order chi connectivity index (χ0) is 13.1. The molecule has 3 rings (SSSR count). The third-order valence-corrected chi connectivity index (χ3v) is 4.09. The van der Waals surface area contributed by atoms with Gasteiger partial charge in [-0.2, -0.15) is 0 Å². The quantitative estimate of drug-likeness (QED) is 0.880. The summed E-state index contributed by atoms with van der Waals surface area (Å²) in [7, 11) is 0. The lowest BCUT2D eigenvalue weighted by Crippen LogP contribution is -2.35. The van der Waals surface area contributed by atoms with Crippen LogP contribution in [0.5, 0.6) is 5.75 Å². The Kier molecular flexibility index (Phi) is 4.02. The van der Waals surface area contributed by atoms with Crippen LogP contribution in [0.15, 0.2) is 18.2 Å². The van der Waals surface area contributed by atoms with Crippen LogP contribution in [0.3, 0.4) is 0 Å². The van der Waals surface area contributed by atoms with Crippen molar-refractivity contribution in [3.63, 3.8) is 0 Å². The van der Waals surface area contributed by atoms with Gasteiger partial charge in [0, 0.05) is 6.04 Å². The number of hydrogen-bond donors (Lipinski definition) is 1. The lowest BCUT2D eigenvalue weighted by atomic mass is 9.97. The summed E-state index contributed by atoms with van der Waals surface area (Å²) >= 11 is 0. The van der Waals surface area contributed by atoms with Crippen LogP contribution in [0.25, 0.3) is 0 Å². The zero-order valence-corrected chi connectivity index (χ0v) is 11.3. The van der Waals surface area contributed by atoms with Crippen molar-refractivity contribution in [1.29, 1.82) is 0 Å². The molecule has 3 heteroatoms. The number of rotatable bonds is 5. The molecule has 2 fully saturated rings. The Hall–Kier alpha value is -1.09. The number of halogens is 1. The molecule has 1 aromatic rings. The minimum Gasteiger partial charge on any atom is -0.490 e. The molecule has 2 nitrogen and oxygen atoms in total. The number of benzene rings is 1. The van der Waals surface area contributed by atoms with Crippen LogP contribution in [0.2, 0.25) is 0 Å². The summed E-state index contributed by atoms with van der Waals surface area (Å²) in [5.41, 5.74) is 1.01. The Balaban J connectivity index is 1.68. The molecule has 0 spiro atoms. The van der Waals surface area contributed by atoms with Crippen molar-refractivity contribution < 1.29 is 9.13 Å². The molecule has 19 heavy (non-hydrogen) atoms. The van der Waals surface area contributed by atoms with Gasteiger partial charge in [-0.15, -0.1) is 0 Å². The largest absolute Gasteiger partial charge is 0.490 e. The number of hydrogen-bond acceptors (Lipinski definition) is 2. The highest BCUT2D eigenvalue weighted by Crippen LogP contribution is 2.32. The van der Waals surface area contributed by atoms with Crippen LogP contribution in [-0.2, 0) is 6.42 Å². The number of piperidine rings is 1. The number of ether oxygens (including phenoxy) is 1. The van der Waals surface area contributed by atoms with E-state index in [0.717, 1.165) is 18.5 Å². The fourth-order valence-electron chi connectivity index (χ4n) is 2.73. The molecule has 0 aromatic heterocycles. The molecule has 1 saturated heterocycles. The number of nitrogens with one attached hydrogen (secondary N) is 1. The molecule has 0 bridgehead atoms. The van der Waals surface area contributed by atoms with E-state index >= 15 is 0 Å². The topological polar surface area (TPSA) is 21.3 Å². The second-order valence-corrected chi connectivity index (χ2v) is 5.83. The summed E-state index contributed by atoms with van der Waals surface area (Å²) in [6, 6.07) is 5.76. The van der Waals surface area contributed by atoms with Gasteiger partial charge in [-0.25, -0.2) is 4.39 Å². The molecule has 0 radical (unpaired) electrons. The van der Waals surface area contributed by atoms with Gasteiger partial charge in [0.15, 0.2) is 11.6 Å². The first-order valence-electron chi connectivity index (χ1n) is 7.46. The molecule has 1 unspecified atom stereocenters. The molecule has 0 amide bonds. The van der Waals surface area contributed by atoms with E-state index < -0.39 is 0 Å². The predicted molar refractivity (Wildman–Crippen MR) is 74.0 cm³/mol. The van der Waals surface area contributed by atoms with E-state index in [2.05, 4.69) is 5.32 Å². The first-order valence-corrected chi connectivity index (χ1v) is 7.46. The average Bonchev–Trinajstić information content (AvgIpc) is 3.23. The Morgan fingerprint density at radius 1 is 1.21 bits per heavy atom. The van der Waals surface area contributed by atoms with Crippen LogP contribution in [-0.4, -0.2) is 19.2 Å². The third kappa shape index (κ3) is 3.47. The third-order valence-electron chi connectivity index (χ3n) is 4.09. The summed E-state index contributed by atoms with van der Waals surface area (Å²) in [5.74, 6) is 0.927. The Morgan fingerprint density at radius 3 is 2.84 bits per heavy atom. The zero-order valence-electron chi connectivity index (χ0n) is 11.3. The van der Waals surface area contributed by atoms with Crippen LogP contribution in [0.1, 0.15) is 37.7 Å². The highest BCUT2D eigenvalue weighted by Gasteiger charge is 2.24. The van der Waals surface area contributed by atoms with E-state index in [1.165, 1.54) is 38.2 Å². The maximum atomic E-state index is 13.9. The van der Waals surface area contributed by atoms with Crippen molar-refractivity contribution >= 4 is 0 Å². The molecule has 1 atom stereocenters. The van der Waals surface area contributed by atoms with Crippen molar-refractivity contribution in [2.45, 2.75) is 44.6 Å². The predicted octanol–water partition coefficient (Wildman–Crippen LogP) is 3.30. The lowest BCUT2D eigenvalue weighted by Gasteiger charge is -2.24. The van der Waals surface area contributed by atoms with Gasteiger partial charge in [-0.3, -0.25) is 0 Å². The Bertz CT molecular complexity index is 425. The average molecular weight is 263 g/mol. The van der Waals surface area contributed by atoms with Crippen molar-refractivity contribution in [3.8, 4) is 5.75 Å². The molecule has 1 aromatic carbocycles. The van der Waals surface area contributed by atoms with Gasteiger partial charge in [0.05, 0.1) is 6.61 Å². The molecule has 1 N–H and O–H groups in total. The van der Waals surface area contributed by atoms with Crippen LogP contribution in [0, 0.1) is 11.7 Å². The van der Waals surface area contributed by atoms with Crippen LogP contribution in [0.4, 0.5) is 4.39 Å². The van der Waals surface area contributed by atoms with Crippen molar-refractivity contribution in [3.05, 3.63) is 29.6 Å². The maximum Gasteiger partial charge on any atom is 0.165 e. The molecule has 1 heterocycles. The summed E-state index contributed by atoms with van der Waals surface area (Å²) in [4.78, 5) is 0. The van der Waals surface area contributed by atoms with Gasteiger partial charge in [0.25, 0.3) is 0 Å². The van der Waals surface area contributed by atoms with Crippen molar-refractivity contribution in [1.82, 2.24) is 5.32 Å². The Morgan fingerprint density at radius 2 is 2.11 bits per heavy atom. The minimum absolute atomic E-state index is 0.214. The summed E-state index contributed by atoms with van der Waals surface area (Å²) in [6.45, 7) is 1.75. The van der Waals surface area contributed by atoms with E-state index in [1.807, 2.05) is 6.07 Å². The van der Waals surface area contributed by atoms with Crippen LogP contribution < -0.4 is 10.1 Å². The maximum absolute atomic E-state index is 13.9. The van der Waals surface area contributed by atoms with Gasteiger partial charge < -0.3 is 10.1 Å². The molecule has 2 aliphatic rings. The normalized spacial score (nSPS) is 23.3. The van der Waals surface area contributed by atoms with Gasteiger partial charge in [-0.1, -0.05) is 18.6 Å². The van der Waals surface area contributed by atoms with Crippen molar-refractivity contribution in [2.75, 3.05) is 13.2 Å². The fourth-order valence-corrected chi connectivity index (χ4v) is 2.73. The molecule has 1 aliphatic carbocycles. The van der Waals surface area contributed by atoms with Gasteiger partial charge in [-0.05, 0) is 56.2 Å². The smallest absolute Gasteiger partial charge is 0.165 e. The van der Waals surface area contributed by atoms with E-state index in [-0.39, 0.29) is 5.82 Å². The van der Waals surface area contributed by atoms with Gasteiger partial charge in [0.2, 0.25) is 0 Å². The summed E-state index contributed by atoms with van der Waals surface area (Å²) in [5, 5.41) is 3.51. The van der Waals surface area contributed by atoms with E-state index in [0.29, 0.717) is 24.3 Å². The summed E-state index contributed by atoms with van der Waals surface area (Å²) < 4.78 is 19.7. The monoisotopic (exact) mass is 263 g/mol. The van der Waals surface area contributed by atoms with Crippen LogP contribution >= 0.6 is 0 Å². The second-order valence-electron chi connectivity index (χ2n) is 5.83. The standard InChI is InChI=1S/C16H22FNO/c17-15-6-3-4-13(10-14-5-1-2-9-18-14)16(15)19-11-12-7-8-12/h3-4,6,12,14,18H,1-2,5,7-11H2. The second kappa shape index (κ2) is 5.91. The first-order chi connectivity index (χ1) is 9.33. The first kappa shape index (κ1) is 12.9.